The highest BCUT2D eigenvalue weighted by atomic mass is 35.5. The Balaban J connectivity index is 0.000000251. The van der Waals surface area contributed by atoms with Gasteiger partial charge in [-0.05, 0) is 101 Å². The molecule has 0 spiro atoms. The number of hydrogen-bond acceptors (Lipinski definition) is 13. The molecule has 3 aromatic rings. The number of nitrogens with two attached hydrogens (primary N) is 1. The second kappa shape index (κ2) is 21.5. The molecule has 6 rings (SSSR count). The number of amides is 1. The fourth-order valence-electron chi connectivity index (χ4n) is 8.37. The lowest BCUT2D eigenvalue weighted by atomic mass is 9.55. The number of Topliss-reactive ketones (excluding diaryl/α,β-unsaturated/α-hetero) is 2. The Kier molecular flexibility index (Phi) is 16.5. The third kappa shape index (κ3) is 11.4. The summed E-state index contributed by atoms with van der Waals surface area (Å²) in [7, 11) is 3.03. The molecule has 1 amide bonds. The van der Waals surface area contributed by atoms with Crippen LogP contribution in [-0.2, 0) is 15.2 Å². The lowest BCUT2D eigenvalue weighted by molar-refractivity contribution is -0.151. The van der Waals surface area contributed by atoms with Crippen LogP contribution in [0, 0.1) is 33.5 Å². The number of benzene rings is 3. The molecule has 0 saturated heterocycles. The molecule has 0 bridgehead atoms. The number of aliphatic hydroxyl groups is 4. The molecule has 0 heterocycles. The number of phenolic OH excluding ortho intramolecular Hbond substituents is 1. The minimum atomic E-state index is -2.78. The Bertz CT molecular complexity index is 2440. The smallest absolute Gasteiger partial charge is 0.255 e. The summed E-state index contributed by atoms with van der Waals surface area (Å²) >= 11 is 17.9. The molecule has 67 heavy (non-hydrogen) atoms. The molecule has 0 fully saturated rings. The predicted molar refractivity (Wildman–Crippen MR) is 256 cm³/mol. The number of unbranched alkanes of at least 4 members (excludes halogenated alkanes) is 3. The molecule has 0 aromatic heterocycles. The monoisotopic (exact) mass is 982 g/mol. The van der Waals surface area contributed by atoms with Crippen molar-refractivity contribution in [3.05, 3.63) is 110 Å². The van der Waals surface area contributed by atoms with E-state index in [0.717, 1.165) is 31.7 Å². The topological polar surface area (TPSA) is 349 Å². The first-order chi connectivity index (χ1) is 31.5. The molecule has 17 N–H and O–H groups in total. The van der Waals surface area contributed by atoms with E-state index < -0.39 is 75.0 Å². The highest BCUT2D eigenvalue weighted by molar-refractivity contribution is 6.33. The zero-order valence-electron chi connectivity index (χ0n) is 36.6. The SMILES string of the molecule is CN(C)[C@@H]1C(O)=C(C(N)=O)C(=O)[C@@]2(O)C(O)=C3C(=O)c4c(O)ccc(Cl)c4[C@@](C)(O)[C@H]3C[C@@H]12.N=C(NCCCCCCNC(=N)NC(=N)Nc1ccc(Cl)cc1)NC(=N)Nc1ccc(Cl)cc1. The van der Waals surface area contributed by atoms with Gasteiger partial charge in [0.25, 0.3) is 5.91 Å². The van der Waals surface area contributed by atoms with Gasteiger partial charge < -0.3 is 52.5 Å². The summed E-state index contributed by atoms with van der Waals surface area (Å²) in [6.45, 7) is 2.59. The second-order valence-electron chi connectivity index (χ2n) is 16.4. The molecule has 23 heteroatoms. The van der Waals surface area contributed by atoms with E-state index in [0.29, 0.717) is 34.5 Å². The van der Waals surface area contributed by atoms with E-state index in [4.69, 9.17) is 62.2 Å². The Morgan fingerprint density at radius 2 is 1.24 bits per heavy atom. The minimum Gasteiger partial charge on any atom is -0.510 e. The number of anilines is 2. The number of aliphatic hydroxyl groups excluding tert-OH is 2. The van der Waals surface area contributed by atoms with Crippen molar-refractivity contribution in [1.82, 2.24) is 26.2 Å². The molecule has 3 aliphatic rings. The average Bonchev–Trinajstić information content (AvgIpc) is 3.24. The van der Waals surface area contributed by atoms with Crippen molar-refractivity contribution in [2.24, 2.45) is 17.6 Å². The number of ketones is 2. The van der Waals surface area contributed by atoms with Crippen LogP contribution in [-0.4, -0.2) is 111 Å². The van der Waals surface area contributed by atoms with E-state index >= 15 is 0 Å². The quantitative estimate of drug-likeness (QED) is 0.0540. The van der Waals surface area contributed by atoms with Gasteiger partial charge in [0, 0.05) is 62.5 Å². The first-order valence-corrected chi connectivity index (χ1v) is 21.9. The Morgan fingerprint density at radius 1 is 0.761 bits per heavy atom. The molecular weight excluding hydrogens is 931 g/mol. The van der Waals surface area contributed by atoms with E-state index in [2.05, 4.69) is 31.9 Å². The normalized spacial score (nSPS) is 21.7. The van der Waals surface area contributed by atoms with E-state index in [-0.39, 0.29) is 46.4 Å². The summed E-state index contributed by atoms with van der Waals surface area (Å²) in [5.41, 5.74) is 0.209. The molecule has 358 valence electrons. The minimum absolute atomic E-state index is 0.00148. The van der Waals surface area contributed by atoms with Crippen LogP contribution in [0.3, 0.4) is 0 Å². The Labute approximate surface area is 400 Å². The number of aromatic hydroxyl groups is 1. The number of phenols is 1. The molecule has 0 unspecified atom stereocenters. The largest absolute Gasteiger partial charge is 0.510 e. The number of nitrogens with one attached hydrogen (secondary N) is 10. The number of carbonyl (C=O) groups is 3. The molecule has 5 atom stereocenters. The summed E-state index contributed by atoms with van der Waals surface area (Å²) in [5, 5.41) is 105. The maximum atomic E-state index is 13.4. The molecule has 0 aliphatic heterocycles. The van der Waals surface area contributed by atoms with Gasteiger partial charge in [0.05, 0.1) is 17.2 Å². The van der Waals surface area contributed by atoms with Crippen molar-refractivity contribution in [2.45, 2.75) is 56.3 Å². The van der Waals surface area contributed by atoms with Crippen molar-refractivity contribution in [2.75, 3.05) is 37.8 Å². The standard InChI is InChI=1S/C22H30Cl2N10.C22H23ClN2O8/c23-15-5-9-17(10-6-15)31-21(27)33-19(25)29-13-3-1-2-4-14-30-20(26)34-22(28)32-18-11-7-16(24)8-12-18;1-21(32)7-6-8-15(25(2)3)17(28)13(20(24)31)19(30)22(8,33)18(29)11(7)16(27)12-10(26)5-4-9(23)14(12)21/h5-12H,1-4,13-14H2,(H5,25,27,29,31,33)(H5,26,28,30,32,34);4-5,7-8,15,26,28-29,32-33H,6H2,1-3H3,(H2,24,31)/t;7-,8-,15-,21-,22-/m.0/s1. The number of primary amides is 1. The van der Waals surface area contributed by atoms with E-state index in [1.165, 1.54) is 32.0 Å². The van der Waals surface area contributed by atoms with Crippen LogP contribution in [0.2, 0.25) is 15.1 Å². The molecule has 3 aliphatic carbocycles. The summed E-state index contributed by atoms with van der Waals surface area (Å²) in [6, 6.07) is 15.2. The fraction of sp³-hybridized carbons (Fsp3) is 0.341. The van der Waals surface area contributed by atoms with Gasteiger partial charge in [0.2, 0.25) is 5.78 Å². The van der Waals surface area contributed by atoms with Gasteiger partial charge in [-0.25, -0.2) is 0 Å². The van der Waals surface area contributed by atoms with E-state index in [1.807, 2.05) is 0 Å². The van der Waals surface area contributed by atoms with Crippen molar-refractivity contribution in [3.63, 3.8) is 0 Å². The Morgan fingerprint density at radius 3 is 1.69 bits per heavy atom. The van der Waals surface area contributed by atoms with E-state index in [1.54, 1.807) is 48.5 Å². The van der Waals surface area contributed by atoms with Gasteiger partial charge in [-0.1, -0.05) is 47.6 Å². The van der Waals surface area contributed by atoms with E-state index in [9.17, 15) is 39.9 Å². The van der Waals surface area contributed by atoms with Gasteiger partial charge in [-0.2, -0.15) is 0 Å². The summed E-state index contributed by atoms with van der Waals surface area (Å²) in [4.78, 5) is 40.0. The van der Waals surface area contributed by atoms with Gasteiger partial charge in [0.1, 0.15) is 22.8 Å². The van der Waals surface area contributed by atoms with Crippen molar-refractivity contribution < 1.29 is 39.9 Å². The van der Waals surface area contributed by atoms with Gasteiger partial charge >= 0.3 is 0 Å². The van der Waals surface area contributed by atoms with Crippen LogP contribution in [0.4, 0.5) is 11.4 Å². The molecule has 20 nitrogen and oxygen atoms in total. The number of fused-ring (bicyclic) bond motifs is 3. The summed E-state index contributed by atoms with van der Waals surface area (Å²) < 4.78 is 0. The Hall–Kier alpha value is -6.42. The maximum absolute atomic E-state index is 13.4. The first kappa shape index (κ1) is 51.6. The van der Waals surface area contributed by atoms with Crippen LogP contribution in [0.1, 0.15) is 54.9 Å². The maximum Gasteiger partial charge on any atom is 0.255 e. The summed E-state index contributed by atoms with van der Waals surface area (Å²) in [5.74, 6) is -8.18. The lowest BCUT2D eigenvalue weighted by Crippen LogP contribution is -2.65. The van der Waals surface area contributed by atoms with Crippen LogP contribution in [0.5, 0.6) is 5.75 Å². The first-order valence-electron chi connectivity index (χ1n) is 20.8. The number of hydrogen-bond donors (Lipinski definition) is 16. The third-order valence-electron chi connectivity index (χ3n) is 11.5. The molecule has 0 saturated carbocycles. The number of likely N-dealkylation sites (N-methyl/N-ethyl adjacent to an activating group) is 1. The zero-order chi connectivity index (χ0) is 49.5. The number of guanidine groups is 4. The van der Waals surface area contributed by atoms with Crippen LogP contribution in [0.15, 0.2) is 83.3 Å². The molecule has 0 radical (unpaired) electrons. The zero-order valence-corrected chi connectivity index (χ0v) is 38.8. The highest BCUT2D eigenvalue weighted by Gasteiger charge is 2.65. The van der Waals surface area contributed by atoms with Crippen molar-refractivity contribution in [3.8, 4) is 5.75 Å². The second-order valence-corrected chi connectivity index (χ2v) is 17.6. The fourth-order valence-corrected chi connectivity index (χ4v) is 8.97. The number of carbonyl (C=O) groups excluding carboxylic acids is 3. The highest BCUT2D eigenvalue weighted by Crippen LogP contribution is 2.57. The predicted octanol–water partition coefficient (Wildman–Crippen LogP) is 4.61. The molecule has 3 aromatic carbocycles. The van der Waals surface area contributed by atoms with Crippen LogP contribution >= 0.6 is 34.8 Å². The number of rotatable bonds is 11. The van der Waals surface area contributed by atoms with Gasteiger partial charge in [0.15, 0.2) is 35.2 Å². The van der Waals surface area contributed by atoms with Crippen molar-refractivity contribution in [1.29, 1.82) is 21.6 Å². The molecular formula is C44H53Cl3N12O8. The number of nitrogens with zero attached hydrogens (tertiary/aromatic N) is 1. The summed E-state index contributed by atoms with van der Waals surface area (Å²) in [6.07, 6.45) is 3.44. The van der Waals surface area contributed by atoms with Crippen LogP contribution in [0.25, 0.3) is 0 Å². The lowest BCUT2D eigenvalue weighted by Gasteiger charge is -2.52. The van der Waals surface area contributed by atoms with Gasteiger partial charge in [-0.3, -0.25) is 51.6 Å². The number of halogens is 3. The van der Waals surface area contributed by atoms with Crippen molar-refractivity contribution >= 4 is 87.5 Å². The van der Waals surface area contributed by atoms with Crippen LogP contribution < -0.4 is 37.6 Å². The average molecular weight is 984 g/mol. The van der Waals surface area contributed by atoms with Gasteiger partial charge in [-0.15, -0.1) is 0 Å². The third-order valence-corrected chi connectivity index (χ3v) is 12.3.